The Morgan fingerprint density at radius 2 is 2.20 bits per heavy atom. The smallest absolute Gasteiger partial charge is 0.0639 e. The van der Waals surface area contributed by atoms with Crippen LogP contribution in [-0.2, 0) is 0 Å². The van der Waals surface area contributed by atoms with Crippen molar-refractivity contribution in [3.63, 3.8) is 0 Å². The Labute approximate surface area is 95.8 Å². The Hall–Kier alpha value is -0.890. The molecule has 0 bridgehead atoms. The molecule has 1 saturated carbocycles. The zero-order chi connectivity index (χ0) is 10.8. The molecule has 3 heteroatoms. The molecule has 1 aliphatic rings. The molecule has 2 nitrogen and oxygen atoms in total. The first-order chi connectivity index (χ1) is 7.16. The number of halogens is 1. The molecule has 1 aromatic rings. The van der Waals surface area contributed by atoms with Gasteiger partial charge in [0.25, 0.3) is 0 Å². The summed E-state index contributed by atoms with van der Waals surface area (Å²) >= 11 is 6.10. The van der Waals surface area contributed by atoms with E-state index in [-0.39, 0.29) is 0 Å². The minimum atomic E-state index is 0.546. The first-order valence-electron chi connectivity index (χ1n) is 5.48. The van der Waals surface area contributed by atoms with E-state index in [9.17, 15) is 0 Å². The van der Waals surface area contributed by atoms with Gasteiger partial charge >= 0.3 is 0 Å². The number of nitrogens with two attached hydrogens (primary N) is 1. The number of nitrogens with one attached hydrogen (secondary N) is 1. The lowest BCUT2D eigenvalue weighted by molar-refractivity contribution is 0.556. The number of nitrogen functional groups attached to an aromatic ring is 1. The standard InChI is InChI=1S/C12H17ClN2/c1-8-3-2-4-11(8)15-12-7-9(14)5-6-10(12)13/h5-8,11,15H,2-4,14H2,1H3. The summed E-state index contributed by atoms with van der Waals surface area (Å²) in [6, 6.07) is 6.13. The molecular formula is C12H17ClN2. The highest BCUT2D eigenvalue weighted by molar-refractivity contribution is 6.33. The third-order valence-corrected chi connectivity index (χ3v) is 3.52. The van der Waals surface area contributed by atoms with Crippen LogP contribution in [-0.4, -0.2) is 6.04 Å². The van der Waals surface area contributed by atoms with Crippen molar-refractivity contribution in [2.45, 2.75) is 32.2 Å². The van der Waals surface area contributed by atoms with E-state index in [1.54, 1.807) is 0 Å². The van der Waals surface area contributed by atoms with Crippen LogP contribution in [0, 0.1) is 5.92 Å². The zero-order valence-electron chi connectivity index (χ0n) is 8.96. The average molecular weight is 225 g/mol. The SMILES string of the molecule is CC1CCCC1Nc1cc(N)ccc1Cl. The van der Waals surface area contributed by atoms with Gasteiger partial charge in [-0.15, -0.1) is 0 Å². The van der Waals surface area contributed by atoms with E-state index in [2.05, 4.69) is 12.2 Å². The van der Waals surface area contributed by atoms with Gasteiger partial charge in [-0.1, -0.05) is 24.9 Å². The highest BCUT2D eigenvalue weighted by Crippen LogP contribution is 2.31. The molecule has 0 aromatic heterocycles. The van der Waals surface area contributed by atoms with Crippen LogP contribution in [0.1, 0.15) is 26.2 Å². The molecule has 0 saturated heterocycles. The molecule has 2 rings (SSSR count). The number of anilines is 2. The van der Waals surface area contributed by atoms with E-state index in [0.717, 1.165) is 22.3 Å². The normalized spacial score (nSPS) is 25.5. The van der Waals surface area contributed by atoms with Crippen molar-refractivity contribution < 1.29 is 0 Å². The Morgan fingerprint density at radius 1 is 1.40 bits per heavy atom. The van der Waals surface area contributed by atoms with Gasteiger partial charge in [-0.05, 0) is 37.0 Å². The van der Waals surface area contributed by atoms with Gasteiger partial charge in [0.1, 0.15) is 0 Å². The molecule has 1 aliphatic carbocycles. The predicted octanol–water partition coefficient (Wildman–Crippen LogP) is 3.52. The van der Waals surface area contributed by atoms with Crippen molar-refractivity contribution in [2.24, 2.45) is 5.92 Å². The van der Waals surface area contributed by atoms with E-state index in [1.807, 2.05) is 18.2 Å². The van der Waals surface area contributed by atoms with Gasteiger partial charge in [-0.2, -0.15) is 0 Å². The van der Waals surface area contributed by atoms with Crippen LogP contribution in [0.3, 0.4) is 0 Å². The second kappa shape index (κ2) is 4.31. The van der Waals surface area contributed by atoms with Crippen molar-refractivity contribution in [2.75, 3.05) is 11.1 Å². The minimum absolute atomic E-state index is 0.546. The highest BCUT2D eigenvalue weighted by atomic mass is 35.5. The molecule has 82 valence electrons. The summed E-state index contributed by atoms with van der Waals surface area (Å²) in [5.41, 5.74) is 7.46. The van der Waals surface area contributed by atoms with E-state index in [1.165, 1.54) is 19.3 Å². The molecular weight excluding hydrogens is 208 g/mol. The second-order valence-corrected chi connectivity index (χ2v) is 4.81. The van der Waals surface area contributed by atoms with Gasteiger partial charge in [0.15, 0.2) is 0 Å². The number of hydrogen-bond donors (Lipinski definition) is 2. The Balaban J connectivity index is 2.12. The first kappa shape index (κ1) is 10.6. The van der Waals surface area contributed by atoms with Crippen molar-refractivity contribution in [3.05, 3.63) is 23.2 Å². The van der Waals surface area contributed by atoms with Crippen LogP contribution in [0.2, 0.25) is 5.02 Å². The maximum atomic E-state index is 6.10. The molecule has 0 radical (unpaired) electrons. The quantitative estimate of drug-likeness (QED) is 0.755. The molecule has 15 heavy (non-hydrogen) atoms. The molecule has 0 spiro atoms. The molecule has 2 atom stereocenters. The number of benzene rings is 1. The van der Waals surface area contributed by atoms with E-state index >= 15 is 0 Å². The summed E-state index contributed by atoms with van der Waals surface area (Å²) < 4.78 is 0. The van der Waals surface area contributed by atoms with Crippen molar-refractivity contribution in [1.29, 1.82) is 0 Å². The predicted molar refractivity (Wildman–Crippen MR) is 66.3 cm³/mol. The molecule has 1 fully saturated rings. The Kier molecular flexibility index (Phi) is 3.06. The van der Waals surface area contributed by atoms with E-state index in [0.29, 0.717) is 6.04 Å². The Morgan fingerprint density at radius 3 is 2.87 bits per heavy atom. The lowest BCUT2D eigenvalue weighted by Gasteiger charge is -2.19. The fourth-order valence-electron chi connectivity index (χ4n) is 2.21. The average Bonchev–Trinajstić information content (AvgIpc) is 2.58. The molecule has 1 aromatic carbocycles. The monoisotopic (exact) mass is 224 g/mol. The van der Waals surface area contributed by atoms with Gasteiger partial charge in [0.2, 0.25) is 0 Å². The van der Waals surface area contributed by atoms with Gasteiger partial charge in [0, 0.05) is 11.7 Å². The molecule has 0 heterocycles. The fraction of sp³-hybridized carbons (Fsp3) is 0.500. The van der Waals surface area contributed by atoms with Crippen LogP contribution in [0.5, 0.6) is 0 Å². The lowest BCUT2D eigenvalue weighted by atomic mass is 10.1. The summed E-state index contributed by atoms with van der Waals surface area (Å²) in [5, 5.41) is 4.24. The maximum absolute atomic E-state index is 6.10. The maximum Gasteiger partial charge on any atom is 0.0639 e. The van der Waals surface area contributed by atoms with Crippen molar-refractivity contribution in [1.82, 2.24) is 0 Å². The molecule has 0 amide bonds. The molecule has 2 unspecified atom stereocenters. The highest BCUT2D eigenvalue weighted by Gasteiger charge is 2.23. The number of hydrogen-bond acceptors (Lipinski definition) is 2. The summed E-state index contributed by atoms with van der Waals surface area (Å²) in [6.45, 7) is 2.28. The van der Waals surface area contributed by atoms with Gasteiger partial charge in [-0.3, -0.25) is 0 Å². The van der Waals surface area contributed by atoms with Crippen molar-refractivity contribution in [3.8, 4) is 0 Å². The van der Waals surface area contributed by atoms with Crippen LogP contribution < -0.4 is 11.1 Å². The van der Waals surface area contributed by atoms with E-state index in [4.69, 9.17) is 17.3 Å². The van der Waals surface area contributed by atoms with Crippen LogP contribution >= 0.6 is 11.6 Å². The van der Waals surface area contributed by atoms with E-state index < -0.39 is 0 Å². The van der Waals surface area contributed by atoms with Crippen LogP contribution in [0.15, 0.2) is 18.2 Å². The third kappa shape index (κ3) is 2.37. The summed E-state index contributed by atoms with van der Waals surface area (Å²) in [5.74, 6) is 0.725. The third-order valence-electron chi connectivity index (χ3n) is 3.19. The Bertz CT molecular complexity index is 351. The summed E-state index contributed by atoms with van der Waals surface area (Å²) in [6.07, 6.45) is 3.84. The van der Waals surface area contributed by atoms with Crippen molar-refractivity contribution >= 4 is 23.0 Å². The number of rotatable bonds is 2. The van der Waals surface area contributed by atoms with Crippen LogP contribution in [0.25, 0.3) is 0 Å². The van der Waals surface area contributed by atoms with Gasteiger partial charge in [-0.25, -0.2) is 0 Å². The van der Waals surface area contributed by atoms with Crippen LogP contribution in [0.4, 0.5) is 11.4 Å². The summed E-state index contributed by atoms with van der Waals surface area (Å²) in [4.78, 5) is 0. The lowest BCUT2D eigenvalue weighted by Crippen LogP contribution is -2.21. The topological polar surface area (TPSA) is 38.0 Å². The summed E-state index contributed by atoms with van der Waals surface area (Å²) in [7, 11) is 0. The second-order valence-electron chi connectivity index (χ2n) is 4.40. The fourth-order valence-corrected chi connectivity index (χ4v) is 2.39. The largest absolute Gasteiger partial charge is 0.399 e. The van der Waals surface area contributed by atoms with Gasteiger partial charge in [0.05, 0.1) is 10.7 Å². The zero-order valence-corrected chi connectivity index (χ0v) is 9.72. The first-order valence-corrected chi connectivity index (χ1v) is 5.86. The molecule has 0 aliphatic heterocycles. The van der Waals surface area contributed by atoms with Gasteiger partial charge < -0.3 is 11.1 Å². The molecule has 3 N–H and O–H groups in total. The minimum Gasteiger partial charge on any atom is -0.399 e.